The first-order valence-electron chi connectivity index (χ1n) is 6.21. The van der Waals surface area contributed by atoms with Crippen molar-refractivity contribution in [3.63, 3.8) is 0 Å². The van der Waals surface area contributed by atoms with Crippen molar-refractivity contribution < 1.29 is 19.4 Å². The summed E-state index contributed by atoms with van der Waals surface area (Å²) in [4.78, 5) is 24.1. The van der Waals surface area contributed by atoms with Crippen LogP contribution in [0.3, 0.4) is 0 Å². The molecule has 2 rings (SSSR count). The summed E-state index contributed by atoms with van der Waals surface area (Å²) in [5.41, 5.74) is 1.05. The number of carboxylic acid groups (broad SMARTS) is 1. The van der Waals surface area contributed by atoms with Crippen LogP contribution in [0, 0.1) is 5.92 Å². The molecule has 0 saturated carbocycles. The van der Waals surface area contributed by atoms with Gasteiger partial charge in [0.15, 0.2) is 0 Å². The topological polar surface area (TPSA) is 66.8 Å². The summed E-state index contributed by atoms with van der Waals surface area (Å²) in [5.74, 6) is -0.642. The Morgan fingerprint density at radius 3 is 2.53 bits per heavy atom. The van der Waals surface area contributed by atoms with E-state index in [-0.39, 0.29) is 5.91 Å². The summed E-state index contributed by atoms with van der Waals surface area (Å²) in [6.45, 7) is 2.09. The van der Waals surface area contributed by atoms with Crippen molar-refractivity contribution >= 4 is 11.9 Å². The van der Waals surface area contributed by atoms with E-state index in [2.05, 4.69) is 0 Å². The van der Waals surface area contributed by atoms with E-state index < -0.39 is 17.9 Å². The Morgan fingerprint density at radius 1 is 1.37 bits per heavy atom. The molecule has 102 valence electrons. The molecule has 19 heavy (non-hydrogen) atoms. The lowest BCUT2D eigenvalue weighted by molar-refractivity contribution is -0.169. The van der Waals surface area contributed by atoms with Crippen LogP contribution in [0.2, 0.25) is 0 Å². The summed E-state index contributed by atoms with van der Waals surface area (Å²) in [5, 5.41) is 9.05. The van der Waals surface area contributed by atoms with Gasteiger partial charge < -0.3 is 14.7 Å². The molecule has 1 saturated heterocycles. The van der Waals surface area contributed by atoms with Gasteiger partial charge >= 0.3 is 5.97 Å². The molecule has 0 radical (unpaired) electrons. The molecule has 1 amide bonds. The van der Waals surface area contributed by atoms with Crippen LogP contribution in [0.15, 0.2) is 24.3 Å². The van der Waals surface area contributed by atoms with Crippen molar-refractivity contribution in [1.29, 1.82) is 0 Å². The van der Waals surface area contributed by atoms with E-state index >= 15 is 0 Å². The number of hydrogen-bond acceptors (Lipinski definition) is 3. The lowest BCUT2D eigenvalue weighted by atomic mass is 9.88. The second-order valence-corrected chi connectivity index (χ2v) is 4.70. The number of hydrogen-bond donors (Lipinski definition) is 1. The van der Waals surface area contributed by atoms with Crippen molar-refractivity contribution in [2.45, 2.75) is 19.4 Å². The van der Waals surface area contributed by atoms with Crippen molar-refractivity contribution in [2.75, 3.05) is 13.7 Å². The number of aliphatic carboxylic acids is 1. The normalized spacial score (nSPS) is 22.0. The van der Waals surface area contributed by atoms with Crippen LogP contribution in [0.5, 0.6) is 5.75 Å². The third kappa shape index (κ3) is 2.54. The minimum absolute atomic E-state index is 0.0825. The molecule has 5 nitrogen and oxygen atoms in total. The maximum absolute atomic E-state index is 11.6. The Morgan fingerprint density at radius 2 is 2.00 bits per heavy atom. The molecule has 1 aliphatic rings. The fourth-order valence-electron chi connectivity index (χ4n) is 2.36. The number of methoxy groups -OCH3 is 1. The van der Waals surface area contributed by atoms with Gasteiger partial charge in [0.1, 0.15) is 11.8 Å². The van der Waals surface area contributed by atoms with Crippen LogP contribution in [-0.2, 0) is 16.0 Å². The lowest BCUT2D eigenvalue weighted by Crippen LogP contribution is -2.63. The zero-order valence-electron chi connectivity index (χ0n) is 11.0. The minimum Gasteiger partial charge on any atom is -0.497 e. The van der Waals surface area contributed by atoms with E-state index in [0.717, 1.165) is 11.3 Å². The van der Waals surface area contributed by atoms with Gasteiger partial charge in [0, 0.05) is 6.54 Å². The summed E-state index contributed by atoms with van der Waals surface area (Å²) in [6.07, 6.45) is 0.645. The Labute approximate surface area is 111 Å². The minimum atomic E-state index is -0.929. The molecule has 1 aromatic carbocycles. The van der Waals surface area contributed by atoms with Crippen molar-refractivity contribution in [3.8, 4) is 5.75 Å². The second kappa shape index (κ2) is 5.30. The SMILES string of the molecule is COc1ccc(CCN2C(=O)C(C)C2C(=O)O)cc1. The number of benzene rings is 1. The first-order valence-corrected chi connectivity index (χ1v) is 6.21. The molecule has 0 aromatic heterocycles. The number of rotatable bonds is 5. The molecule has 0 bridgehead atoms. The van der Waals surface area contributed by atoms with Gasteiger partial charge in [0.05, 0.1) is 13.0 Å². The van der Waals surface area contributed by atoms with E-state index in [1.54, 1.807) is 14.0 Å². The van der Waals surface area contributed by atoms with E-state index in [9.17, 15) is 9.59 Å². The van der Waals surface area contributed by atoms with Crippen LogP contribution in [0.4, 0.5) is 0 Å². The smallest absolute Gasteiger partial charge is 0.327 e. The predicted octanol–water partition coefficient (Wildman–Crippen LogP) is 1.17. The van der Waals surface area contributed by atoms with Crippen LogP contribution >= 0.6 is 0 Å². The van der Waals surface area contributed by atoms with Crippen LogP contribution < -0.4 is 4.74 Å². The Balaban J connectivity index is 1.94. The fraction of sp³-hybridized carbons (Fsp3) is 0.429. The Hall–Kier alpha value is -2.04. The second-order valence-electron chi connectivity index (χ2n) is 4.70. The third-order valence-corrected chi connectivity index (χ3v) is 3.54. The van der Waals surface area contributed by atoms with Crippen molar-refractivity contribution in [1.82, 2.24) is 4.90 Å². The number of carboxylic acids is 1. The highest BCUT2D eigenvalue weighted by molar-refractivity contribution is 5.96. The maximum atomic E-state index is 11.6. The summed E-state index contributed by atoms with van der Waals surface area (Å²) in [6, 6.07) is 6.87. The molecule has 2 atom stereocenters. The Kier molecular flexibility index (Phi) is 3.74. The van der Waals surface area contributed by atoms with E-state index in [1.165, 1.54) is 4.90 Å². The zero-order valence-corrected chi connectivity index (χ0v) is 11.0. The van der Waals surface area contributed by atoms with E-state index in [1.807, 2.05) is 24.3 Å². The largest absolute Gasteiger partial charge is 0.497 e. The highest BCUT2D eigenvalue weighted by Gasteiger charge is 2.48. The van der Waals surface area contributed by atoms with Crippen molar-refractivity contribution in [3.05, 3.63) is 29.8 Å². The summed E-state index contributed by atoms with van der Waals surface area (Å²) >= 11 is 0. The monoisotopic (exact) mass is 263 g/mol. The zero-order chi connectivity index (χ0) is 14.0. The number of likely N-dealkylation sites (tertiary alicyclic amines) is 1. The molecule has 1 aromatic rings. The van der Waals surface area contributed by atoms with E-state index in [4.69, 9.17) is 9.84 Å². The Bertz CT molecular complexity index is 483. The molecule has 0 aliphatic carbocycles. The number of carbonyl (C=O) groups excluding carboxylic acids is 1. The fourth-order valence-corrected chi connectivity index (χ4v) is 2.36. The van der Waals surface area contributed by atoms with Crippen molar-refractivity contribution in [2.24, 2.45) is 5.92 Å². The first-order chi connectivity index (χ1) is 9.04. The van der Waals surface area contributed by atoms with Crippen LogP contribution in [-0.4, -0.2) is 41.6 Å². The number of carbonyl (C=O) groups is 2. The number of ether oxygens (including phenoxy) is 1. The number of nitrogens with zero attached hydrogens (tertiary/aromatic N) is 1. The standard InChI is InChI=1S/C14H17NO4/c1-9-12(14(17)18)15(13(9)16)8-7-10-3-5-11(19-2)6-4-10/h3-6,9,12H,7-8H2,1-2H3,(H,17,18). The average Bonchev–Trinajstić information content (AvgIpc) is 2.42. The molecular weight excluding hydrogens is 246 g/mol. The molecule has 1 heterocycles. The third-order valence-electron chi connectivity index (χ3n) is 3.54. The predicted molar refractivity (Wildman–Crippen MR) is 69.0 cm³/mol. The van der Waals surface area contributed by atoms with Gasteiger partial charge in [0.25, 0.3) is 0 Å². The molecule has 1 aliphatic heterocycles. The molecule has 1 fully saturated rings. The highest BCUT2D eigenvalue weighted by Crippen LogP contribution is 2.26. The van der Waals surface area contributed by atoms with Gasteiger partial charge in [-0.2, -0.15) is 0 Å². The van der Waals surface area contributed by atoms with Gasteiger partial charge in [-0.3, -0.25) is 4.79 Å². The van der Waals surface area contributed by atoms with Gasteiger partial charge in [-0.1, -0.05) is 19.1 Å². The van der Waals surface area contributed by atoms with Gasteiger partial charge in [-0.05, 0) is 24.1 Å². The van der Waals surface area contributed by atoms with Crippen LogP contribution in [0.1, 0.15) is 12.5 Å². The van der Waals surface area contributed by atoms with Gasteiger partial charge in [-0.15, -0.1) is 0 Å². The molecule has 2 unspecified atom stereocenters. The molecule has 0 spiro atoms. The summed E-state index contributed by atoms with van der Waals surface area (Å²) in [7, 11) is 1.60. The molecule has 5 heteroatoms. The first kappa shape index (κ1) is 13.4. The number of β-lactam (4-membered cyclic amide) rings is 1. The van der Waals surface area contributed by atoms with E-state index in [0.29, 0.717) is 13.0 Å². The maximum Gasteiger partial charge on any atom is 0.327 e. The average molecular weight is 263 g/mol. The van der Waals surface area contributed by atoms with Gasteiger partial charge in [-0.25, -0.2) is 4.79 Å². The van der Waals surface area contributed by atoms with Crippen LogP contribution in [0.25, 0.3) is 0 Å². The summed E-state index contributed by atoms with van der Waals surface area (Å²) < 4.78 is 5.06. The van der Waals surface area contributed by atoms with Gasteiger partial charge in [0.2, 0.25) is 5.91 Å². The number of amides is 1. The molecule has 1 N–H and O–H groups in total. The lowest BCUT2D eigenvalue weighted by Gasteiger charge is -2.43. The molecular formula is C14H17NO4. The quantitative estimate of drug-likeness (QED) is 0.810. The highest BCUT2D eigenvalue weighted by atomic mass is 16.5.